The maximum Gasteiger partial charge on any atom is 0.243 e. The number of hydrogen-bond donors (Lipinski definition) is 1. The largest absolute Gasteiger partial charge is 0.330 e. The van der Waals surface area contributed by atoms with Gasteiger partial charge in [0, 0.05) is 18.7 Å². The van der Waals surface area contributed by atoms with Crippen LogP contribution in [0.5, 0.6) is 0 Å². The SMILES string of the molecule is CC(=O)c1cccc(S(=O)(=O)N2CCCC(CCN)C2)c1.Cl. The predicted molar refractivity (Wildman–Crippen MR) is 88.8 cm³/mol. The Balaban J connectivity index is 0.00000242. The van der Waals surface area contributed by atoms with Gasteiger partial charge in [0.1, 0.15) is 0 Å². The number of ketones is 1. The summed E-state index contributed by atoms with van der Waals surface area (Å²) in [5, 5.41) is 0. The molecule has 22 heavy (non-hydrogen) atoms. The van der Waals surface area contributed by atoms with E-state index in [1.807, 2.05) is 0 Å². The Morgan fingerprint density at radius 1 is 1.41 bits per heavy atom. The Hall–Kier alpha value is -0.950. The molecule has 0 amide bonds. The van der Waals surface area contributed by atoms with Crippen LogP contribution in [0.4, 0.5) is 0 Å². The third-order valence-electron chi connectivity index (χ3n) is 3.93. The molecule has 1 aromatic carbocycles. The predicted octanol–water partition coefficient (Wildman–Crippen LogP) is 2.06. The topological polar surface area (TPSA) is 80.5 Å². The fourth-order valence-electron chi connectivity index (χ4n) is 2.74. The van der Waals surface area contributed by atoms with Gasteiger partial charge in [-0.2, -0.15) is 4.31 Å². The second kappa shape index (κ2) is 8.06. The van der Waals surface area contributed by atoms with E-state index in [1.165, 1.54) is 17.3 Å². The van der Waals surface area contributed by atoms with Gasteiger partial charge >= 0.3 is 0 Å². The van der Waals surface area contributed by atoms with Gasteiger partial charge in [-0.05, 0) is 50.8 Å². The normalized spacial score (nSPS) is 19.5. The summed E-state index contributed by atoms with van der Waals surface area (Å²) in [5.41, 5.74) is 6.00. The molecule has 1 fully saturated rings. The molecule has 1 atom stereocenters. The highest BCUT2D eigenvalue weighted by Crippen LogP contribution is 2.25. The van der Waals surface area contributed by atoms with Crippen molar-refractivity contribution in [1.82, 2.24) is 4.31 Å². The van der Waals surface area contributed by atoms with E-state index < -0.39 is 10.0 Å². The molecule has 124 valence electrons. The number of sulfonamides is 1. The molecular weight excluding hydrogens is 324 g/mol. The highest BCUT2D eigenvalue weighted by atomic mass is 35.5. The van der Waals surface area contributed by atoms with E-state index in [4.69, 9.17) is 5.73 Å². The molecule has 1 unspecified atom stereocenters. The van der Waals surface area contributed by atoms with Crippen LogP contribution >= 0.6 is 12.4 Å². The highest BCUT2D eigenvalue weighted by molar-refractivity contribution is 7.89. The summed E-state index contributed by atoms with van der Waals surface area (Å²) < 4.78 is 26.9. The lowest BCUT2D eigenvalue weighted by Gasteiger charge is -2.31. The minimum Gasteiger partial charge on any atom is -0.330 e. The Bertz CT molecular complexity index is 617. The zero-order chi connectivity index (χ0) is 15.5. The first kappa shape index (κ1) is 19.1. The van der Waals surface area contributed by atoms with Crippen molar-refractivity contribution in [2.45, 2.75) is 31.1 Å². The summed E-state index contributed by atoms with van der Waals surface area (Å²) in [6.45, 7) is 3.07. The molecule has 1 saturated heterocycles. The summed E-state index contributed by atoms with van der Waals surface area (Å²) in [7, 11) is -3.53. The second-order valence-corrected chi connectivity index (χ2v) is 7.47. The summed E-state index contributed by atoms with van der Waals surface area (Å²) in [5.74, 6) is 0.196. The lowest BCUT2D eigenvalue weighted by molar-refractivity contribution is 0.101. The number of carbonyl (C=O) groups is 1. The monoisotopic (exact) mass is 346 g/mol. The third-order valence-corrected chi connectivity index (χ3v) is 5.80. The van der Waals surface area contributed by atoms with Gasteiger partial charge in [-0.25, -0.2) is 8.42 Å². The second-order valence-electron chi connectivity index (χ2n) is 5.53. The van der Waals surface area contributed by atoms with Gasteiger partial charge in [0.05, 0.1) is 4.90 Å². The van der Waals surface area contributed by atoms with E-state index in [-0.39, 0.29) is 23.1 Å². The molecule has 1 aliphatic heterocycles. The minimum absolute atomic E-state index is 0. The van der Waals surface area contributed by atoms with E-state index in [9.17, 15) is 13.2 Å². The van der Waals surface area contributed by atoms with Crippen molar-refractivity contribution >= 4 is 28.2 Å². The summed E-state index contributed by atoms with van der Waals surface area (Å²) in [6.07, 6.45) is 2.73. The first-order valence-corrected chi connectivity index (χ1v) is 8.70. The Labute approximate surface area is 138 Å². The molecule has 1 aromatic rings. The first-order chi connectivity index (χ1) is 9.95. The number of rotatable bonds is 5. The van der Waals surface area contributed by atoms with Gasteiger partial charge in [0.15, 0.2) is 5.78 Å². The number of piperidine rings is 1. The van der Waals surface area contributed by atoms with E-state index >= 15 is 0 Å². The fraction of sp³-hybridized carbons (Fsp3) is 0.533. The zero-order valence-corrected chi connectivity index (χ0v) is 14.3. The molecule has 0 aromatic heterocycles. The van der Waals surface area contributed by atoms with E-state index in [1.54, 1.807) is 18.2 Å². The van der Waals surface area contributed by atoms with Crippen LogP contribution in [0, 0.1) is 5.92 Å². The van der Waals surface area contributed by atoms with Gasteiger partial charge in [-0.1, -0.05) is 12.1 Å². The van der Waals surface area contributed by atoms with Crippen molar-refractivity contribution in [3.8, 4) is 0 Å². The first-order valence-electron chi connectivity index (χ1n) is 7.26. The average molecular weight is 347 g/mol. The molecule has 5 nitrogen and oxygen atoms in total. The molecule has 0 spiro atoms. The molecule has 1 heterocycles. The summed E-state index contributed by atoms with van der Waals surface area (Å²) in [4.78, 5) is 11.6. The average Bonchev–Trinajstić information content (AvgIpc) is 2.48. The van der Waals surface area contributed by atoms with E-state index in [2.05, 4.69) is 0 Å². The number of halogens is 1. The van der Waals surface area contributed by atoms with Crippen molar-refractivity contribution in [3.05, 3.63) is 29.8 Å². The van der Waals surface area contributed by atoms with Gasteiger partial charge in [-0.15, -0.1) is 12.4 Å². The van der Waals surface area contributed by atoms with E-state index in [0.29, 0.717) is 31.1 Å². The van der Waals surface area contributed by atoms with Crippen LogP contribution in [0.25, 0.3) is 0 Å². The van der Waals surface area contributed by atoms with Crippen LogP contribution in [0.2, 0.25) is 0 Å². The van der Waals surface area contributed by atoms with Gasteiger partial charge in [0.2, 0.25) is 10.0 Å². The molecular formula is C15H23ClN2O3S. The van der Waals surface area contributed by atoms with Gasteiger partial charge < -0.3 is 5.73 Å². The lowest BCUT2D eigenvalue weighted by Crippen LogP contribution is -2.40. The third kappa shape index (κ3) is 4.29. The molecule has 7 heteroatoms. The van der Waals surface area contributed by atoms with Gasteiger partial charge in [-0.3, -0.25) is 4.79 Å². The number of nitrogens with two attached hydrogens (primary N) is 1. The van der Waals surface area contributed by atoms with Crippen molar-refractivity contribution in [1.29, 1.82) is 0 Å². The van der Waals surface area contributed by atoms with Crippen LogP contribution in [-0.2, 0) is 10.0 Å². The Morgan fingerprint density at radius 2 is 2.14 bits per heavy atom. The molecule has 2 rings (SSSR count). The molecule has 0 saturated carbocycles. The van der Waals surface area contributed by atoms with Crippen LogP contribution in [-0.4, -0.2) is 38.1 Å². The summed E-state index contributed by atoms with van der Waals surface area (Å²) in [6, 6.07) is 6.26. The quantitative estimate of drug-likeness (QED) is 0.827. The molecule has 0 radical (unpaired) electrons. The van der Waals surface area contributed by atoms with Crippen molar-refractivity contribution in [3.63, 3.8) is 0 Å². The van der Waals surface area contributed by atoms with Crippen molar-refractivity contribution < 1.29 is 13.2 Å². The number of Topliss-reactive ketones (excluding diaryl/α,β-unsaturated/α-hetero) is 1. The number of hydrogen-bond acceptors (Lipinski definition) is 4. The summed E-state index contributed by atoms with van der Waals surface area (Å²) >= 11 is 0. The minimum atomic E-state index is -3.53. The fourth-order valence-corrected chi connectivity index (χ4v) is 4.34. The molecule has 1 aliphatic rings. The maximum absolute atomic E-state index is 12.7. The molecule has 0 aliphatic carbocycles. The lowest BCUT2D eigenvalue weighted by atomic mass is 9.96. The zero-order valence-electron chi connectivity index (χ0n) is 12.7. The van der Waals surface area contributed by atoms with Crippen LogP contribution in [0.15, 0.2) is 29.2 Å². The number of nitrogens with zero attached hydrogens (tertiary/aromatic N) is 1. The Morgan fingerprint density at radius 3 is 2.77 bits per heavy atom. The number of carbonyl (C=O) groups excluding carboxylic acids is 1. The Kier molecular flexibility index (Phi) is 6.99. The standard InChI is InChI=1S/C15H22N2O3S.ClH/c1-12(18)14-5-2-6-15(10-14)21(19,20)17-9-3-4-13(11-17)7-8-16;/h2,5-6,10,13H,3-4,7-9,11,16H2,1H3;1H. The van der Waals surface area contributed by atoms with Gasteiger partial charge in [0.25, 0.3) is 0 Å². The maximum atomic E-state index is 12.7. The molecule has 2 N–H and O–H groups in total. The van der Waals surface area contributed by atoms with Crippen LogP contribution < -0.4 is 5.73 Å². The van der Waals surface area contributed by atoms with Crippen molar-refractivity contribution in [2.75, 3.05) is 19.6 Å². The van der Waals surface area contributed by atoms with E-state index in [0.717, 1.165) is 19.3 Å². The van der Waals surface area contributed by atoms with Crippen molar-refractivity contribution in [2.24, 2.45) is 11.7 Å². The van der Waals surface area contributed by atoms with Crippen LogP contribution in [0.3, 0.4) is 0 Å². The smallest absolute Gasteiger partial charge is 0.243 e. The highest BCUT2D eigenvalue weighted by Gasteiger charge is 2.30. The molecule has 0 bridgehead atoms. The number of benzene rings is 1. The van der Waals surface area contributed by atoms with Crippen LogP contribution in [0.1, 0.15) is 36.5 Å².